The minimum absolute atomic E-state index is 0.00543. The Balaban J connectivity index is 1.95. The molecule has 0 unspecified atom stereocenters. The van der Waals surface area contributed by atoms with Gasteiger partial charge in [0.15, 0.2) is 11.5 Å². The zero-order valence-corrected chi connectivity index (χ0v) is 14.1. The number of fused-ring (bicyclic) bond motifs is 1. The van der Waals surface area contributed by atoms with Gasteiger partial charge in [-0.15, -0.1) is 0 Å². The highest BCUT2D eigenvalue weighted by molar-refractivity contribution is 5.98. The molecule has 1 aliphatic rings. The van der Waals surface area contributed by atoms with Gasteiger partial charge in [-0.2, -0.15) is 0 Å². The highest BCUT2D eigenvalue weighted by Crippen LogP contribution is 2.36. The third-order valence-electron chi connectivity index (χ3n) is 4.25. The molecule has 0 saturated heterocycles. The number of ether oxygens (including phenoxy) is 2. The molecule has 1 aliphatic heterocycles. The summed E-state index contributed by atoms with van der Waals surface area (Å²) in [5.74, 6) is 1.15. The number of hydrogen-bond donors (Lipinski definition) is 0. The van der Waals surface area contributed by atoms with E-state index in [0.29, 0.717) is 36.8 Å². The van der Waals surface area contributed by atoms with Crippen LogP contribution in [0.25, 0.3) is 0 Å². The molecule has 1 atom stereocenters. The molecule has 24 heavy (non-hydrogen) atoms. The van der Waals surface area contributed by atoms with Crippen LogP contribution in [0.15, 0.2) is 42.7 Å². The molecule has 5 nitrogen and oxygen atoms in total. The summed E-state index contributed by atoms with van der Waals surface area (Å²) in [6.07, 6.45) is 4.35. The molecule has 2 heterocycles. The molecule has 0 saturated carbocycles. The van der Waals surface area contributed by atoms with Crippen molar-refractivity contribution < 1.29 is 14.3 Å². The van der Waals surface area contributed by atoms with E-state index in [1.54, 1.807) is 18.5 Å². The van der Waals surface area contributed by atoms with Crippen LogP contribution in [0.2, 0.25) is 0 Å². The molecular formula is C19H22N2O3. The third-order valence-corrected chi connectivity index (χ3v) is 4.25. The summed E-state index contributed by atoms with van der Waals surface area (Å²) in [7, 11) is 0. The number of nitrogens with zero attached hydrogens (tertiary/aromatic N) is 2. The SMILES string of the molecule is CC[C@@H](c1ccncc1)N(CC)C(=O)c1cccc2c1OCCO2. The normalized spacial score (nSPS) is 14.1. The zero-order valence-electron chi connectivity index (χ0n) is 14.1. The fourth-order valence-corrected chi connectivity index (χ4v) is 3.12. The maximum atomic E-state index is 13.2. The van der Waals surface area contributed by atoms with Crippen molar-refractivity contribution in [3.63, 3.8) is 0 Å². The van der Waals surface area contributed by atoms with Gasteiger partial charge in [0.2, 0.25) is 0 Å². The van der Waals surface area contributed by atoms with E-state index in [0.717, 1.165) is 12.0 Å². The lowest BCUT2D eigenvalue weighted by Crippen LogP contribution is -2.35. The topological polar surface area (TPSA) is 51.7 Å². The first-order valence-electron chi connectivity index (χ1n) is 8.35. The molecule has 0 bridgehead atoms. The van der Waals surface area contributed by atoms with Crippen LogP contribution in [0.3, 0.4) is 0 Å². The molecule has 0 spiro atoms. The molecule has 1 aromatic carbocycles. The van der Waals surface area contributed by atoms with Crippen molar-refractivity contribution in [2.75, 3.05) is 19.8 Å². The van der Waals surface area contributed by atoms with Gasteiger partial charge in [0, 0.05) is 18.9 Å². The van der Waals surface area contributed by atoms with Crippen molar-refractivity contribution in [3.05, 3.63) is 53.9 Å². The van der Waals surface area contributed by atoms with Crippen molar-refractivity contribution in [1.82, 2.24) is 9.88 Å². The molecule has 0 N–H and O–H groups in total. The summed E-state index contributed by atoms with van der Waals surface area (Å²) >= 11 is 0. The van der Waals surface area contributed by atoms with Gasteiger partial charge in [0.05, 0.1) is 11.6 Å². The molecule has 126 valence electrons. The van der Waals surface area contributed by atoms with Crippen molar-refractivity contribution in [2.24, 2.45) is 0 Å². The van der Waals surface area contributed by atoms with Gasteiger partial charge in [-0.3, -0.25) is 9.78 Å². The van der Waals surface area contributed by atoms with Crippen LogP contribution in [0, 0.1) is 0 Å². The van der Waals surface area contributed by atoms with Crippen LogP contribution in [-0.2, 0) is 0 Å². The quantitative estimate of drug-likeness (QED) is 0.844. The van der Waals surface area contributed by atoms with E-state index >= 15 is 0 Å². The Morgan fingerprint density at radius 2 is 1.92 bits per heavy atom. The van der Waals surface area contributed by atoms with Crippen molar-refractivity contribution in [3.8, 4) is 11.5 Å². The van der Waals surface area contributed by atoms with E-state index in [-0.39, 0.29) is 11.9 Å². The monoisotopic (exact) mass is 326 g/mol. The van der Waals surface area contributed by atoms with Gasteiger partial charge in [0.25, 0.3) is 5.91 Å². The number of aromatic nitrogens is 1. The maximum Gasteiger partial charge on any atom is 0.258 e. The largest absolute Gasteiger partial charge is 0.486 e. The Bertz CT molecular complexity index is 703. The van der Waals surface area contributed by atoms with Gasteiger partial charge >= 0.3 is 0 Å². The van der Waals surface area contributed by atoms with Crippen LogP contribution in [-0.4, -0.2) is 35.5 Å². The summed E-state index contributed by atoms with van der Waals surface area (Å²) in [6.45, 7) is 5.67. The van der Waals surface area contributed by atoms with Gasteiger partial charge < -0.3 is 14.4 Å². The first-order valence-corrected chi connectivity index (χ1v) is 8.35. The minimum atomic E-state index is -0.0384. The fraction of sp³-hybridized carbons (Fsp3) is 0.368. The molecule has 0 radical (unpaired) electrons. The van der Waals surface area contributed by atoms with Crippen molar-refractivity contribution >= 4 is 5.91 Å². The minimum Gasteiger partial charge on any atom is -0.486 e. The maximum absolute atomic E-state index is 13.2. The molecule has 0 aliphatic carbocycles. The number of carbonyl (C=O) groups is 1. The Kier molecular flexibility index (Phi) is 4.99. The molecule has 0 fully saturated rings. The average Bonchev–Trinajstić information content (AvgIpc) is 2.65. The standard InChI is InChI=1S/C19H22N2O3/c1-3-16(14-8-10-20-11-9-14)21(4-2)19(22)15-6-5-7-17-18(15)24-13-12-23-17/h5-11,16H,3-4,12-13H2,1-2H3/t16-/m0/s1. The molecule has 5 heteroatoms. The van der Waals surface area contributed by atoms with Gasteiger partial charge in [0.1, 0.15) is 13.2 Å². The third kappa shape index (κ3) is 3.07. The Hall–Kier alpha value is -2.56. The van der Waals surface area contributed by atoms with E-state index in [2.05, 4.69) is 11.9 Å². The first-order chi connectivity index (χ1) is 11.8. The molecule has 2 aromatic rings. The predicted octanol–water partition coefficient (Wildman–Crippen LogP) is 3.47. The van der Waals surface area contributed by atoms with E-state index in [9.17, 15) is 4.79 Å². The number of amides is 1. The van der Waals surface area contributed by atoms with E-state index in [1.807, 2.05) is 36.1 Å². The summed E-state index contributed by atoms with van der Waals surface area (Å²) in [6, 6.07) is 9.40. The fourth-order valence-electron chi connectivity index (χ4n) is 3.12. The lowest BCUT2D eigenvalue weighted by atomic mass is 10.0. The summed E-state index contributed by atoms with van der Waals surface area (Å²) < 4.78 is 11.3. The number of rotatable bonds is 5. The molecule has 3 rings (SSSR count). The summed E-state index contributed by atoms with van der Waals surface area (Å²) in [4.78, 5) is 19.1. The van der Waals surface area contributed by atoms with E-state index in [1.165, 1.54) is 0 Å². The lowest BCUT2D eigenvalue weighted by Gasteiger charge is -2.31. The second kappa shape index (κ2) is 7.34. The first kappa shape index (κ1) is 16.3. The molecule has 1 aromatic heterocycles. The smallest absolute Gasteiger partial charge is 0.258 e. The highest BCUT2D eigenvalue weighted by Gasteiger charge is 2.28. The number of para-hydroxylation sites is 1. The Labute approximate surface area is 142 Å². The summed E-state index contributed by atoms with van der Waals surface area (Å²) in [5.41, 5.74) is 1.64. The van der Waals surface area contributed by atoms with Crippen LogP contribution < -0.4 is 9.47 Å². The van der Waals surface area contributed by atoms with E-state index in [4.69, 9.17) is 9.47 Å². The number of carbonyl (C=O) groups excluding carboxylic acids is 1. The van der Waals surface area contributed by atoms with Crippen LogP contribution >= 0.6 is 0 Å². The van der Waals surface area contributed by atoms with Gasteiger partial charge in [-0.1, -0.05) is 13.0 Å². The molecular weight excluding hydrogens is 304 g/mol. The van der Waals surface area contributed by atoms with E-state index < -0.39 is 0 Å². The van der Waals surface area contributed by atoms with Crippen molar-refractivity contribution in [2.45, 2.75) is 26.3 Å². The lowest BCUT2D eigenvalue weighted by molar-refractivity contribution is 0.0672. The van der Waals surface area contributed by atoms with Crippen LogP contribution in [0.4, 0.5) is 0 Å². The predicted molar refractivity (Wildman–Crippen MR) is 91.4 cm³/mol. The van der Waals surface area contributed by atoms with Gasteiger partial charge in [-0.05, 0) is 43.2 Å². The number of hydrogen-bond acceptors (Lipinski definition) is 4. The Morgan fingerprint density at radius 1 is 1.17 bits per heavy atom. The Morgan fingerprint density at radius 3 is 2.62 bits per heavy atom. The second-order valence-corrected chi connectivity index (χ2v) is 5.63. The molecule has 1 amide bonds. The average molecular weight is 326 g/mol. The van der Waals surface area contributed by atoms with Gasteiger partial charge in [-0.25, -0.2) is 0 Å². The van der Waals surface area contributed by atoms with Crippen molar-refractivity contribution in [1.29, 1.82) is 0 Å². The number of benzene rings is 1. The summed E-state index contributed by atoms with van der Waals surface area (Å²) in [5, 5.41) is 0. The highest BCUT2D eigenvalue weighted by atomic mass is 16.6. The second-order valence-electron chi connectivity index (χ2n) is 5.63. The van der Waals surface area contributed by atoms with Crippen LogP contribution in [0.5, 0.6) is 11.5 Å². The zero-order chi connectivity index (χ0) is 16.9. The van der Waals surface area contributed by atoms with Crippen LogP contribution in [0.1, 0.15) is 42.2 Å². The number of pyridine rings is 1.